The highest BCUT2D eigenvalue weighted by atomic mass is 19.1. The van der Waals surface area contributed by atoms with Gasteiger partial charge in [0.2, 0.25) is 0 Å². The maximum atomic E-state index is 14.3. The lowest BCUT2D eigenvalue weighted by molar-refractivity contribution is -0.138. The molecule has 1 unspecified atom stereocenters. The van der Waals surface area contributed by atoms with E-state index in [-0.39, 0.29) is 17.4 Å². The fraction of sp³-hybridized carbons (Fsp3) is 0.286. The van der Waals surface area contributed by atoms with Gasteiger partial charge in [0.15, 0.2) is 0 Å². The molecule has 0 heterocycles. The van der Waals surface area contributed by atoms with Crippen LogP contribution in [0.2, 0.25) is 0 Å². The first-order valence-electron chi connectivity index (χ1n) is 8.34. The monoisotopic (exact) mass is 359 g/mol. The molecule has 0 aliphatic carbocycles. The highest BCUT2D eigenvalue weighted by Crippen LogP contribution is 2.29. The summed E-state index contributed by atoms with van der Waals surface area (Å²) in [5, 5.41) is 8.98. The SMILES string of the molecule is CC(C)(C)c1ccc(/C(=C\CC(N)C(=O)O)c2ccc(F)cc2F)cc1. The van der Waals surface area contributed by atoms with Crippen LogP contribution >= 0.6 is 0 Å². The Morgan fingerprint density at radius 3 is 2.27 bits per heavy atom. The van der Waals surface area contributed by atoms with Crippen molar-refractivity contribution >= 4 is 11.5 Å². The summed E-state index contributed by atoms with van der Waals surface area (Å²) in [5.74, 6) is -2.51. The van der Waals surface area contributed by atoms with Crippen LogP contribution in [0.5, 0.6) is 0 Å². The van der Waals surface area contributed by atoms with Gasteiger partial charge in [-0.15, -0.1) is 0 Å². The number of nitrogens with two attached hydrogens (primary N) is 1. The minimum absolute atomic E-state index is 0.0303. The summed E-state index contributed by atoms with van der Waals surface area (Å²) in [4.78, 5) is 11.0. The lowest BCUT2D eigenvalue weighted by Gasteiger charge is -2.20. The van der Waals surface area contributed by atoms with Gasteiger partial charge in [0, 0.05) is 11.6 Å². The Bertz CT molecular complexity index is 821. The summed E-state index contributed by atoms with van der Waals surface area (Å²) in [6.07, 6.45) is 1.61. The molecular formula is C21H23F2NO2. The zero-order chi connectivity index (χ0) is 19.5. The number of carboxylic acids is 1. The Hall–Kier alpha value is -2.53. The molecular weight excluding hydrogens is 336 g/mol. The normalized spacial score (nSPS) is 13.5. The van der Waals surface area contributed by atoms with E-state index < -0.39 is 23.6 Å². The fourth-order valence-corrected chi connectivity index (χ4v) is 2.59. The van der Waals surface area contributed by atoms with Crippen LogP contribution in [-0.2, 0) is 10.2 Å². The van der Waals surface area contributed by atoms with Crippen LogP contribution in [0.3, 0.4) is 0 Å². The summed E-state index contributed by atoms with van der Waals surface area (Å²) in [6.45, 7) is 6.26. The van der Waals surface area contributed by atoms with Crippen LogP contribution in [0.15, 0.2) is 48.5 Å². The van der Waals surface area contributed by atoms with E-state index >= 15 is 0 Å². The molecule has 0 saturated carbocycles. The summed E-state index contributed by atoms with van der Waals surface area (Å²) < 4.78 is 27.6. The van der Waals surface area contributed by atoms with Gasteiger partial charge in [-0.05, 0) is 40.7 Å². The summed E-state index contributed by atoms with van der Waals surface area (Å²) >= 11 is 0. The van der Waals surface area contributed by atoms with Gasteiger partial charge in [0.05, 0.1) is 0 Å². The van der Waals surface area contributed by atoms with E-state index in [2.05, 4.69) is 20.8 Å². The largest absolute Gasteiger partial charge is 0.480 e. The molecule has 0 aromatic heterocycles. The van der Waals surface area contributed by atoms with Gasteiger partial charge in [-0.3, -0.25) is 4.79 Å². The van der Waals surface area contributed by atoms with Gasteiger partial charge in [-0.2, -0.15) is 0 Å². The molecule has 138 valence electrons. The minimum Gasteiger partial charge on any atom is -0.480 e. The van der Waals surface area contributed by atoms with Gasteiger partial charge >= 0.3 is 5.97 Å². The Balaban J connectivity index is 2.50. The van der Waals surface area contributed by atoms with Crippen molar-refractivity contribution in [3.8, 4) is 0 Å². The summed E-state index contributed by atoms with van der Waals surface area (Å²) in [5.41, 5.74) is 8.04. The third kappa shape index (κ3) is 4.76. The van der Waals surface area contributed by atoms with Crippen LogP contribution in [-0.4, -0.2) is 17.1 Å². The van der Waals surface area contributed by atoms with Gasteiger partial charge in [-0.25, -0.2) is 8.78 Å². The van der Waals surface area contributed by atoms with Gasteiger partial charge in [0.1, 0.15) is 17.7 Å². The number of hydrogen-bond acceptors (Lipinski definition) is 2. The Kier molecular flexibility index (Phi) is 5.93. The Labute approximate surface area is 152 Å². The molecule has 0 spiro atoms. The predicted octanol–water partition coefficient (Wildman–Crippen LogP) is 4.50. The molecule has 2 aromatic carbocycles. The Morgan fingerprint density at radius 1 is 1.15 bits per heavy atom. The number of benzene rings is 2. The van der Waals surface area contributed by atoms with Crippen molar-refractivity contribution in [3.63, 3.8) is 0 Å². The second-order valence-corrected chi connectivity index (χ2v) is 7.25. The van der Waals surface area contributed by atoms with Crippen LogP contribution < -0.4 is 5.73 Å². The van der Waals surface area contributed by atoms with Crippen molar-refractivity contribution in [3.05, 3.63) is 76.9 Å². The quantitative estimate of drug-likeness (QED) is 0.826. The minimum atomic E-state index is -1.14. The second-order valence-electron chi connectivity index (χ2n) is 7.25. The van der Waals surface area contributed by atoms with E-state index in [0.29, 0.717) is 11.1 Å². The molecule has 0 aliphatic heterocycles. The molecule has 5 heteroatoms. The molecule has 0 aliphatic rings. The highest BCUT2D eigenvalue weighted by molar-refractivity contribution is 5.81. The predicted molar refractivity (Wildman–Crippen MR) is 98.8 cm³/mol. The van der Waals surface area contributed by atoms with Crippen molar-refractivity contribution in [1.82, 2.24) is 0 Å². The van der Waals surface area contributed by atoms with Crippen molar-refractivity contribution < 1.29 is 18.7 Å². The highest BCUT2D eigenvalue weighted by Gasteiger charge is 2.17. The van der Waals surface area contributed by atoms with Crippen LogP contribution in [0.1, 0.15) is 43.9 Å². The molecule has 2 rings (SSSR count). The number of rotatable bonds is 5. The van der Waals surface area contributed by atoms with Crippen molar-refractivity contribution in [2.24, 2.45) is 5.73 Å². The topological polar surface area (TPSA) is 63.3 Å². The van der Waals surface area contributed by atoms with E-state index in [0.717, 1.165) is 11.6 Å². The Morgan fingerprint density at radius 2 is 1.77 bits per heavy atom. The molecule has 3 nitrogen and oxygen atoms in total. The van der Waals surface area contributed by atoms with Crippen molar-refractivity contribution in [2.75, 3.05) is 0 Å². The van der Waals surface area contributed by atoms with Gasteiger partial charge < -0.3 is 10.8 Å². The number of carbonyl (C=O) groups is 1. The average Bonchev–Trinajstić information content (AvgIpc) is 2.55. The fourth-order valence-electron chi connectivity index (χ4n) is 2.59. The molecule has 0 saturated heterocycles. The molecule has 1 atom stereocenters. The van der Waals surface area contributed by atoms with Crippen LogP contribution in [0.4, 0.5) is 8.78 Å². The zero-order valence-corrected chi connectivity index (χ0v) is 15.1. The number of hydrogen-bond donors (Lipinski definition) is 2. The third-order valence-corrected chi connectivity index (χ3v) is 4.18. The van der Waals surface area contributed by atoms with E-state index in [9.17, 15) is 13.6 Å². The van der Waals surface area contributed by atoms with Crippen molar-refractivity contribution in [1.29, 1.82) is 0 Å². The number of halogens is 2. The van der Waals surface area contributed by atoms with Crippen LogP contribution in [0, 0.1) is 11.6 Å². The maximum Gasteiger partial charge on any atom is 0.320 e. The number of carboxylic acid groups (broad SMARTS) is 1. The zero-order valence-electron chi connectivity index (χ0n) is 15.1. The van der Waals surface area contributed by atoms with Crippen LogP contribution in [0.25, 0.3) is 5.57 Å². The first-order chi connectivity index (χ1) is 12.1. The van der Waals surface area contributed by atoms with E-state index in [1.807, 2.05) is 24.3 Å². The first-order valence-corrected chi connectivity index (χ1v) is 8.34. The maximum absolute atomic E-state index is 14.3. The summed E-state index contributed by atoms with van der Waals surface area (Å²) in [7, 11) is 0. The van der Waals surface area contributed by atoms with E-state index in [4.69, 9.17) is 10.8 Å². The second kappa shape index (κ2) is 7.79. The first kappa shape index (κ1) is 19.8. The standard InChI is InChI=1S/C21H23F2NO2/c1-21(2,3)14-6-4-13(5-7-14)16(10-11-19(24)20(25)26)17-9-8-15(22)12-18(17)23/h4-10,12,19H,11,24H2,1-3H3,(H,25,26)/b16-10+. The summed E-state index contributed by atoms with van der Waals surface area (Å²) in [6, 6.07) is 9.83. The molecule has 0 fully saturated rings. The van der Waals surface area contributed by atoms with Gasteiger partial charge in [0.25, 0.3) is 0 Å². The van der Waals surface area contributed by atoms with E-state index in [1.54, 1.807) is 6.08 Å². The lowest BCUT2D eigenvalue weighted by Crippen LogP contribution is -2.29. The molecule has 0 amide bonds. The molecule has 2 aromatic rings. The molecule has 26 heavy (non-hydrogen) atoms. The third-order valence-electron chi connectivity index (χ3n) is 4.18. The molecule has 3 N–H and O–H groups in total. The number of aliphatic carboxylic acids is 1. The van der Waals surface area contributed by atoms with Crippen molar-refractivity contribution in [2.45, 2.75) is 38.6 Å². The van der Waals surface area contributed by atoms with E-state index in [1.165, 1.54) is 12.1 Å². The molecule has 0 bridgehead atoms. The van der Waals surface area contributed by atoms with Gasteiger partial charge in [-0.1, -0.05) is 51.1 Å². The lowest BCUT2D eigenvalue weighted by atomic mass is 9.85. The smallest absolute Gasteiger partial charge is 0.320 e. The average molecular weight is 359 g/mol. The molecule has 0 radical (unpaired) electrons.